The van der Waals surface area contributed by atoms with Gasteiger partial charge in [0.1, 0.15) is 11.4 Å². The van der Waals surface area contributed by atoms with Crippen LogP contribution >= 0.6 is 0 Å². The van der Waals surface area contributed by atoms with Crippen LogP contribution in [-0.2, 0) is 0 Å². The summed E-state index contributed by atoms with van der Waals surface area (Å²) in [5.41, 5.74) is 11.0. The van der Waals surface area contributed by atoms with Gasteiger partial charge >= 0.3 is 0 Å². The van der Waals surface area contributed by atoms with Crippen molar-refractivity contribution in [3.05, 3.63) is 54.1 Å². The topological polar surface area (TPSA) is 69.6 Å². The molecule has 0 radical (unpaired) electrons. The van der Waals surface area contributed by atoms with E-state index in [0.29, 0.717) is 11.4 Å². The lowest BCUT2D eigenvalue weighted by Gasteiger charge is -2.02. The number of hydrogen-bond acceptors (Lipinski definition) is 4. The molecular formula is C15H15N5. The predicted molar refractivity (Wildman–Crippen MR) is 78.5 cm³/mol. The van der Waals surface area contributed by atoms with E-state index in [4.69, 9.17) is 5.73 Å². The number of aromatic nitrogens is 4. The molecule has 2 aromatic heterocycles. The minimum Gasteiger partial charge on any atom is -0.396 e. The van der Waals surface area contributed by atoms with E-state index in [1.165, 1.54) is 5.56 Å². The van der Waals surface area contributed by atoms with Crippen LogP contribution in [0.2, 0.25) is 0 Å². The fourth-order valence-electron chi connectivity index (χ4n) is 2.04. The smallest absolute Gasteiger partial charge is 0.136 e. The Balaban J connectivity index is 2.08. The third-order valence-electron chi connectivity index (χ3n) is 3.15. The van der Waals surface area contributed by atoms with Crippen molar-refractivity contribution in [2.24, 2.45) is 0 Å². The Morgan fingerprint density at radius 1 is 0.950 bits per heavy atom. The third kappa shape index (κ3) is 2.14. The lowest BCUT2D eigenvalue weighted by atomic mass is 10.2. The first-order valence-corrected chi connectivity index (χ1v) is 6.35. The van der Waals surface area contributed by atoms with Crippen LogP contribution in [0.3, 0.4) is 0 Å². The highest BCUT2D eigenvalue weighted by molar-refractivity contribution is 5.70. The van der Waals surface area contributed by atoms with Gasteiger partial charge in [0, 0.05) is 12.4 Å². The second kappa shape index (κ2) is 4.77. The molecule has 0 aliphatic carbocycles. The predicted octanol–water partition coefficient (Wildman–Crippen LogP) is 2.53. The Labute approximate surface area is 117 Å². The monoisotopic (exact) mass is 265 g/mol. The van der Waals surface area contributed by atoms with Gasteiger partial charge in [0.15, 0.2) is 0 Å². The maximum absolute atomic E-state index is 6.06. The van der Waals surface area contributed by atoms with Crippen molar-refractivity contribution >= 4 is 5.69 Å². The van der Waals surface area contributed by atoms with E-state index >= 15 is 0 Å². The average Bonchev–Trinajstić information content (AvgIpc) is 2.82. The molecule has 5 heteroatoms. The number of anilines is 1. The normalized spacial score (nSPS) is 10.7. The van der Waals surface area contributed by atoms with Crippen LogP contribution in [-0.4, -0.2) is 19.7 Å². The number of rotatable bonds is 2. The van der Waals surface area contributed by atoms with Gasteiger partial charge in [0.25, 0.3) is 0 Å². The summed E-state index contributed by atoms with van der Waals surface area (Å²) in [6.07, 6.45) is 5.10. The van der Waals surface area contributed by atoms with Gasteiger partial charge < -0.3 is 5.73 Å². The van der Waals surface area contributed by atoms with Crippen molar-refractivity contribution in [3.63, 3.8) is 0 Å². The zero-order valence-corrected chi connectivity index (χ0v) is 11.4. The molecule has 0 atom stereocenters. The Morgan fingerprint density at radius 2 is 1.65 bits per heavy atom. The van der Waals surface area contributed by atoms with E-state index in [-0.39, 0.29) is 0 Å². The average molecular weight is 265 g/mol. The van der Waals surface area contributed by atoms with Crippen molar-refractivity contribution in [3.8, 4) is 17.1 Å². The maximum atomic E-state index is 6.06. The highest BCUT2D eigenvalue weighted by atomic mass is 15.3. The molecule has 3 aromatic rings. The molecule has 0 aliphatic rings. The minimum atomic E-state index is 0.592. The molecule has 0 bridgehead atoms. The van der Waals surface area contributed by atoms with Crippen LogP contribution in [0.4, 0.5) is 5.69 Å². The first kappa shape index (κ1) is 12.3. The Bertz CT molecular complexity index is 743. The van der Waals surface area contributed by atoms with Crippen LogP contribution < -0.4 is 5.73 Å². The number of nitrogens with two attached hydrogens (primary N) is 1. The molecule has 0 spiro atoms. The molecule has 0 aliphatic heterocycles. The van der Waals surface area contributed by atoms with E-state index in [1.54, 1.807) is 23.3 Å². The van der Waals surface area contributed by atoms with E-state index in [0.717, 1.165) is 17.1 Å². The van der Waals surface area contributed by atoms with E-state index in [1.807, 2.05) is 31.2 Å². The summed E-state index contributed by atoms with van der Waals surface area (Å²) in [6, 6.07) is 8.10. The molecule has 2 N–H and O–H groups in total. The summed E-state index contributed by atoms with van der Waals surface area (Å²) >= 11 is 0. The van der Waals surface area contributed by atoms with Crippen molar-refractivity contribution in [2.75, 3.05) is 5.73 Å². The molecule has 20 heavy (non-hydrogen) atoms. The van der Waals surface area contributed by atoms with Crippen molar-refractivity contribution in [2.45, 2.75) is 13.8 Å². The van der Waals surface area contributed by atoms with Crippen LogP contribution in [0.5, 0.6) is 0 Å². The highest BCUT2D eigenvalue weighted by Crippen LogP contribution is 2.25. The molecule has 0 unspecified atom stereocenters. The molecule has 3 rings (SSSR count). The van der Waals surface area contributed by atoms with Crippen LogP contribution in [0, 0.1) is 13.8 Å². The van der Waals surface area contributed by atoms with Crippen LogP contribution in [0.25, 0.3) is 17.1 Å². The van der Waals surface area contributed by atoms with Crippen LogP contribution in [0.15, 0.2) is 42.9 Å². The number of nitrogens with zero attached hydrogens (tertiary/aromatic N) is 4. The molecule has 100 valence electrons. The minimum absolute atomic E-state index is 0.592. The standard InChI is InChI=1S/C15H15N5/c1-10-3-5-12(6-4-10)20-9-13(16)15(19-20)14-11(2)17-7-8-18-14/h3-9H,16H2,1-2H3. The summed E-state index contributed by atoms with van der Waals surface area (Å²) in [5, 5.41) is 4.53. The molecular weight excluding hydrogens is 250 g/mol. The number of aryl methyl sites for hydroxylation is 2. The van der Waals surface area contributed by atoms with Gasteiger partial charge in [-0.1, -0.05) is 17.7 Å². The highest BCUT2D eigenvalue weighted by Gasteiger charge is 2.13. The van der Waals surface area contributed by atoms with Gasteiger partial charge in [-0.15, -0.1) is 0 Å². The first-order chi connectivity index (χ1) is 9.65. The van der Waals surface area contributed by atoms with Crippen molar-refractivity contribution in [1.82, 2.24) is 19.7 Å². The molecule has 0 amide bonds. The summed E-state index contributed by atoms with van der Waals surface area (Å²) < 4.78 is 1.76. The van der Waals surface area contributed by atoms with Crippen molar-refractivity contribution < 1.29 is 0 Å². The molecule has 0 fully saturated rings. The quantitative estimate of drug-likeness (QED) is 0.773. The van der Waals surface area contributed by atoms with Crippen LogP contribution in [0.1, 0.15) is 11.3 Å². The van der Waals surface area contributed by atoms with Gasteiger partial charge in [-0.25, -0.2) is 4.68 Å². The Hall–Kier alpha value is -2.69. The molecule has 0 saturated carbocycles. The fraction of sp³-hybridized carbons (Fsp3) is 0.133. The second-order valence-corrected chi connectivity index (χ2v) is 4.70. The lowest BCUT2D eigenvalue weighted by Crippen LogP contribution is -1.97. The zero-order chi connectivity index (χ0) is 14.1. The first-order valence-electron chi connectivity index (χ1n) is 6.35. The van der Waals surface area contributed by atoms with Gasteiger partial charge in [-0.2, -0.15) is 5.10 Å². The van der Waals surface area contributed by atoms with Gasteiger partial charge in [-0.05, 0) is 26.0 Å². The summed E-state index contributed by atoms with van der Waals surface area (Å²) in [5.74, 6) is 0. The van der Waals surface area contributed by atoms with Gasteiger partial charge in [-0.3, -0.25) is 9.97 Å². The van der Waals surface area contributed by atoms with E-state index < -0.39 is 0 Å². The van der Waals surface area contributed by atoms with Crippen molar-refractivity contribution in [1.29, 1.82) is 0 Å². The van der Waals surface area contributed by atoms with Gasteiger partial charge in [0.05, 0.1) is 23.3 Å². The maximum Gasteiger partial charge on any atom is 0.136 e. The Morgan fingerprint density at radius 3 is 2.35 bits per heavy atom. The Kier molecular flexibility index (Phi) is 2.95. The SMILES string of the molecule is Cc1ccc(-n2cc(N)c(-c3nccnc3C)n2)cc1. The third-order valence-corrected chi connectivity index (χ3v) is 3.15. The largest absolute Gasteiger partial charge is 0.396 e. The molecule has 1 aromatic carbocycles. The van der Waals surface area contributed by atoms with Gasteiger partial charge in [0.2, 0.25) is 0 Å². The number of benzene rings is 1. The summed E-state index contributed by atoms with van der Waals surface area (Å²) in [7, 11) is 0. The molecule has 2 heterocycles. The molecule has 5 nitrogen and oxygen atoms in total. The summed E-state index contributed by atoms with van der Waals surface area (Å²) in [6.45, 7) is 3.95. The fourth-order valence-corrected chi connectivity index (χ4v) is 2.04. The molecule has 0 saturated heterocycles. The second-order valence-electron chi connectivity index (χ2n) is 4.70. The summed E-state index contributed by atoms with van der Waals surface area (Å²) in [4.78, 5) is 8.54. The number of hydrogen-bond donors (Lipinski definition) is 1. The number of nitrogen functional groups attached to an aromatic ring is 1. The van der Waals surface area contributed by atoms with E-state index in [2.05, 4.69) is 22.0 Å². The van der Waals surface area contributed by atoms with E-state index in [9.17, 15) is 0 Å². The lowest BCUT2D eigenvalue weighted by molar-refractivity contribution is 0.880. The zero-order valence-electron chi connectivity index (χ0n) is 11.4.